The number of benzene rings is 3. The lowest BCUT2D eigenvalue weighted by molar-refractivity contribution is -0.132. The third kappa shape index (κ3) is 7.04. The van der Waals surface area contributed by atoms with Crippen LogP contribution in [0.2, 0.25) is 5.02 Å². The van der Waals surface area contributed by atoms with Gasteiger partial charge in [0.25, 0.3) is 5.78 Å². The number of amides is 1. The number of aromatic nitrogens is 2. The summed E-state index contributed by atoms with van der Waals surface area (Å²) in [7, 11) is 0. The summed E-state index contributed by atoms with van der Waals surface area (Å²) in [5.74, 6) is 0.867. The normalized spacial score (nSPS) is 18.3. The van der Waals surface area contributed by atoms with Gasteiger partial charge in [0.1, 0.15) is 17.6 Å². The molecule has 1 saturated heterocycles. The number of thioether (sulfide) groups is 1. The van der Waals surface area contributed by atoms with Crippen LogP contribution in [-0.4, -0.2) is 46.3 Å². The number of rotatable bonds is 12. The first-order valence-electron chi connectivity index (χ1n) is 15.8. The summed E-state index contributed by atoms with van der Waals surface area (Å²) in [5.41, 5.74) is 2.77. The van der Waals surface area contributed by atoms with Gasteiger partial charge in [0.2, 0.25) is 5.13 Å². The number of anilines is 1. The molecular weight excluding hydrogens is 670 g/mol. The number of Topliss-reactive ketones (excluding diaryl/α,β-unsaturated/α-hetero) is 1. The Hall–Kier alpha value is -4.06. The summed E-state index contributed by atoms with van der Waals surface area (Å²) >= 11 is 8.97. The minimum absolute atomic E-state index is 0.00335. The van der Waals surface area contributed by atoms with E-state index >= 15 is 0 Å². The number of halogens is 1. The molecule has 9 nitrogen and oxygen atoms in total. The molecule has 1 N–H and O–H groups in total. The highest BCUT2D eigenvalue weighted by molar-refractivity contribution is 8.00. The fourth-order valence-corrected chi connectivity index (χ4v) is 7.82. The molecule has 0 saturated carbocycles. The molecule has 4 aromatic rings. The number of aliphatic hydroxyl groups excluding tert-OH is 1. The monoisotopic (exact) mass is 705 g/mol. The first-order chi connectivity index (χ1) is 23.1. The molecule has 3 heterocycles. The van der Waals surface area contributed by atoms with Gasteiger partial charge < -0.3 is 19.3 Å². The van der Waals surface area contributed by atoms with E-state index in [0.29, 0.717) is 63.3 Å². The van der Waals surface area contributed by atoms with Crippen molar-refractivity contribution in [2.45, 2.75) is 62.8 Å². The molecule has 2 atom stereocenters. The molecule has 3 aromatic carbocycles. The maximum Gasteiger partial charge on any atom is 0.301 e. The zero-order valence-electron chi connectivity index (χ0n) is 27.1. The van der Waals surface area contributed by atoms with E-state index in [1.807, 2.05) is 44.2 Å². The average molecular weight is 706 g/mol. The molecule has 12 heteroatoms. The molecule has 0 spiro atoms. The van der Waals surface area contributed by atoms with Crippen LogP contribution in [0, 0.1) is 5.92 Å². The number of hydrogen-bond donors (Lipinski definition) is 1. The van der Waals surface area contributed by atoms with Crippen LogP contribution in [0.5, 0.6) is 17.2 Å². The van der Waals surface area contributed by atoms with Gasteiger partial charge in [-0.25, -0.2) is 0 Å². The highest BCUT2D eigenvalue weighted by Gasteiger charge is 2.48. The van der Waals surface area contributed by atoms with Gasteiger partial charge in [-0.2, -0.15) is 0 Å². The van der Waals surface area contributed by atoms with Crippen molar-refractivity contribution < 1.29 is 28.9 Å². The second-order valence-electron chi connectivity index (χ2n) is 12.0. The molecule has 1 fully saturated rings. The van der Waals surface area contributed by atoms with Crippen molar-refractivity contribution in [2.75, 3.05) is 18.1 Å². The molecule has 2 aliphatic rings. The minimum Gasteiger partial charge on any atom is -0.507 e. The molecule has 2 aliphatic heterocycles. The van der Waals surface area contributed by atoms with E-state index in [4.69, 9.17) is 25.8 Å². The lowest BCUT2D eigenvalue weighted by Crippen LogP contribution is -2.29. The lowest BCUT2D eigenvalue weighted by Gasteiger charge is -2.24. The maximum absolute atomic E-state index is 13.9. The molecule has 0 radical (unpaired) electrons. The van der Waals surface area contributed by atoms with E-state index in [-0.39, 0.29) is 22.6 Å². The van der Waals surface area contributed by atoms with Crippen molar-refractivity contribution in [3.63, 3.8) is 0 Å². The van der Waals surface area contributed by atoms with E-state index in [0.717, 1.165) is 23.3 Å². The Labute approximate surface area is 292 Å². The second kappa shape index (κ2) is 14.6. The van der Waals surface area contributed by atoms with Crippen LogP contribution >= 0.6 is 34.7 Å². The van der Waals surface area contributed by atoms with Crippen molar-refractivity contribution in [3.8, 4) is 17.2 Å². The summed E-state index contributed by atoms with van der Waals surface area (Å²) < 4.78 is 18.5. The van der Waals surface area contributed by atoms with Crippen LogP contribution in [0.4, 0.5) is 5.13 Å². The molecular formula is C36H36ClN3O6S2. The van der Waals surface area contributed by atoms with E-state index in [2.05, 4.69) is 24.0 Å². The van der Waals surface area contributed by atoms with Crippen molar-refractivity contribution in [2.24, 2.45) is 5.92 Å². The zero-order chi connectivity index (χ0) is 33.9. The van der Waals surface area contributed by atoms with E-state index in [9.17, 15) is 14.7 Å². The van der Waals surface area contributed by atoms with Crippen LogP contribution in [0.15, 0.2) is 70.6 Å². The van der Waals surface area contributed by atoms with E-state index in [1.165, 1.54) is 28.0 Å². The number of ketones is 1. The van der Waals surface area contributed by atoms with Gasteiger partial charge in [-0.3, -0.25) is 14.5 Å². The van der Waals surface area contributed by atoms with Crippen molar-refractivity contribution >= 4 is 57.3 Å². The molecule has 250 valence electrons. The predicted octanol–water partition coefficient (Wildman–Crippen LogP) is 8.26. The predicted molar refractivity (Wildman–Crippen MR) is 189 cm³/mol. The van der Waals surface area contributed by atoms with Crippen LogP contribution in [0.1, 0.15) is 62.4 Å². The van der Waals surface area contributed by atoms with E-state index < -0.39 is 17.7 Å². The first-order valence-corrected chi connectivity index (χ1v) is 18.0. The quantitative estimate of drug-likeness (QED) is 0.0512. The number of nitrogens with zero attached hydrogens (tertiary/aromatic N) is 3. The highest BCUT2D eigenvalue weighted by Crippen LogP contribution is 2.46. The maximum atomic E-state index is 13.9. The standard InChI is InChI=1S/C36H36ClN3O6S2/c1-5-44-29-18-22(10-13-28(29)45-15-14-20(2)3)31-30(32(41)23-11-12-27-25(17-23)16-21(4)46-27)33(42)34(43)40(31)35-38-39-36(48-35)47-19-24-8-6-7-9-26(24)37/h6-13,17-18,20-21,31,41H,5,14-16,19H2,1-4H3/b32-30-. The summed E-state index contributed by atoms with van der Waals surface area (Å²) in [6, 6.07) is 17.2. The third-order valence-corrected chi connectivity index (χ3v) is 10.5. The van der Waals surface area contributed by atoms with Gasteiger partial charge in [-0.15, -0.1) is 10.2 Å². The SMILES string of the molecule is CCOc1cc(C2/C(=C(/O)c3ccc4c(c3)CC(C)O4)C(=O)C(=O)N2c2nnc(SCc3ccccc3Cl)s2)ccc1OCCC(C)C. The van der Waals surface area contributed by atoms with Gasteiger partial charge in [-0.05, 0) is 79.3 Å². The van der Waals surface area contributed by atoms with Gasteiger partial charge in [0, 0.05) is 22.8 Å². The highest BCUT2D eigenvalue weighted by atomic mass is 35.5. The van der Waals surface area contributed by atoms with Crippen LogP contribution < -0.4 is 19.1 Å². The molecule has 1 amide bonds. The number of fused-ring (bicyclic) bond motifs is 1. The number of aliphatic hydroxyl groups is 1. The third-order valence-electron chi connectivity index (χ3n) is 8.06. The Balaban J connectivity index is 1.41. The van der Waals surface area contributed by atoms with Gasteiger partial charge in [0.15, 0.2) is 15.8 Å². The van der Waals surface area contributed by atoms with Gasteiger partial charge in [-0.1, -0.05) is 72.8 Å². The molecule has 0 aliphatic carbocycles. The fourth-order valence-electron chi connectivity index (χ4n) is 5.67. The van der Waals surface area contributed by atoms with Crippen molar-refractivity contribution in [1.29, 1.82) is 0 Å². The fraction of sp³-hybridized carbons (Fsp3) is 0.333. The Morgan fingerprint density at radius 2 is 1.92 bits per heavy atom. The molecule has 6 rings (SSSR count). The lowest BCUT2D eigenvalue weighted by atomic mass is 9.94. The van der Waals surface area contributed by atoms with Crippen LogP contribution in [-0.2, 0) is 21.8 Å². The largest absolute Gasteiger partial charge is 0.507 e. The van der Waals surface area contributed by atoms with Gasteiger partial charge >= 0.3 is 5.91 Å². The molecule has 0 bridgehead atoms. The van der Waals surface area contributed by atoms with Gasteiger partial charge in [0.05, 0.1) is 24.8 Å². The Bertz CT molecular complexity index is 1880. The van der Waals surface area contributed by atoms with Crippen molar-refractivity contribution in [1.82, 2.24) is 10.2 Å². The summed E-state index contributed by atoms with van der Waals surface area (Å²) in [4.78, 5) is 29.0. The van der Waals surface area contributed by atoms with Crippen molar-refractivity contribution in [3.05, 3.63) is 93.5 Å². The molecule has 1 aromatic heterocycles. The first kappa shape index (κ1) is 33.8. The van der Waals surface area contributed by atoms with Crippen LogP contribution in [0.3, 0.4) is 0 Å². The number of ether oxygens (including phenoxy) is 3. The minimum atomic E-state index is -1.01. The number of hydrogen-bond acceptors (Lipinski definition) is 10. The Morgan fingerprint density at radius 1 is 1.10 bits per heavy atom. The second-order valence-corrected chi connectivity index (χ2v) is 14.6. The zero-order valence-corrected chi connectivity index (χ0v) is 29.5. The van der Waals surface area contributed by atoms with Crippen LogP contribution in [0.25, 0.3) is 5.76 Å². The Morgan fingerprint density at radius 3 is 2.69 bits per heavy atom. The topological polar surface area (TPSA) is 111 Å². The van der Waals surface area contributed by atoms with E-state index in [1.54, 1.807) is 30.3 Å². The Kier molecular flexibility index (Phi) is 10.3. The average Bonchev–Trinajstić information content (AvgIpc) is 3.75. The smallest absolute Gasteiger partial charge is 0.301 e. The summed E-state index contributed by atoms with van der Waals surface area (Å²) in [5, 5.41) is 21.3. The molecule has 48 heavy (non-hydrogen) atoms. The number of carbonyl (C=O) groups is 2. The molecule has 2 unspecified atom stereocenters. The summed E-state index contributed by atoms with van der Waals surface area (Å²) in [6.07, 6.45) is 1.54. The summed E-state index contributed by atoms with van der Waals surface area (Å²) in [6.45, 7) is 8.99. The number of carbonyl (C=O) groups excluding carboxylic acids is 2.